The van der Waals surface area contributed by atoms with Gasteiger partial charge in [0.25, 0.3) is 0 Å². The highest BCUT2D eigenvalue weighted by Crippen LogP contribution is 2.18. The third kappa shape index (κ3) is 4.44. The van der Waals surface area contributed by atoms with E-state index in [-0.39, 0.29) is 6.04 Å². The van der Waals surface area contributed by atoms with Crippen LogP contribution in [0, 0.1) is 0 Å². The van der Waals surface area contributed by atoms with Crippen molar-refractivity contribution in [3.8, 4) is 0 Å². The standard InChI is InChI=1S/C20H27N3O2S/c1-22(2)18-12-10-17(11-13-18)20(23-14-6-7-15-23)16-21-26(24,25)19-8-4-3-5-9-19/h3-5,8-13,20-21H,6-7,14-16H2,1-2H3/p+1/t20-/m0/s1. The first-order valence-corrected chi connectivity index (χ1v) is 10.6. The van der Waals surface area contributed by atoms with Crippen molar-refractivity contribution in [2.24, 2.45) is 0 Å². The molecule has 3 rings (SSSR count). The molecule has 0 amide bonds. The fraction of sp³-hybridized carbons (Fsp3) is 0.400. The second-order valence-electron chi connectivity index (χ2n) is 7.07. The van der Waals surface area contributed by atoms with E-state index in [1.165, 1.54) is 23.3 Å². The average Bonchev–Trinajstić information content (AvgIpc) is 3.17. The Morgan fingerprint density at radius 2 is 1.62 bits per heavy atom. The van der Waals surface area contributed by atoms with Gasteiger partial charge in [0.15, 0.2) is 0 Å². The van der Waals surface area contributed by atoms with E-state index >= 15 is 0 Å². The predicted molar refractivity (Wildman–Crippen MR) is 105 cm³/mol. The molecule has 1 atom stereocenters. The maximum Gasteiger partial charge on any atom is 0.240 e. The lowest BCUT2D eigenvalue weighted by Gasteiger charge is -2.26. The Bertz CT molecular complexity index is 799. The molecule has 0 unspecified atom stereocenters. The van der Waals surface area contributed by atoms with E-state index in [1.807, 2.05) is 20.2 Å². The minimum atomic E-state index is -3.49. The van der Waals surface area contributed by atoms with Crippen molar-refractivity contribution in [2.45, 2.75) is 23.8 Å². The van der Waals surface area contributed by atoms with Crippen LogP contribution in [-0.2, 0) is 10.0 Å². The summed E-state index contributed by atoms with van der Waals surface area (Å²) >= 11 is 0. The van der Waals surface area contributed by atoms with Crippen LogP contribution in [0.1, 0.15) is 24.4 Å². The van der Waals surface area contributed by atoms with Gasteiger partial charge < -0.3 is 9.80 Å². The summed E-state index contributed by atoms with van der Waals surface area (Å²) in [6, 6.07) is 17.2. The third-order valence-electron chi connectivity index (χ3n) is 5.08. The van der Waals surface area contributed by atoms with Gasteiger partial charge in [0.2, 0.25) is 10.0 Å². The van der Waals surface area contributed by atoms with E-state index in [9.17, 15) is 8.42 Å². The van der Waals surface area contributed by atoms with Crippen LogP contribution in [0.25, 0.3) is 0 Å². The molecule has 6 heteroatoms. The van der Waals surface area contributed by atoms with Gasteiger partial charge in [0.1, 0.15) is 6.04 Å². The maximum absolute atomic E-state index is 12.6. The van der Waals surface area contributed by atoms with Crippen LogP contribution in [-0.4, -0.2) is 42.1 Å². The van der Waals surface area contributed by atoms with Crippen LogP contribution >= 0.6 is 0 Å². The van der Waals surface area contributed by atoms with E-state index in [0.29, 0.717) is 11.4 Å². The zero-order valence-corrected chi connectivity index (χ0v) is 16.3. The Morgan fingerprint density at radius 1 is 1.00 bits per heavy atom. The summed E-state index contributed by atoms with van der Waals surface area (Å²) in [6.45, 7) is 2.59. The normalized spacial score (nSPS) is 16.5. The van der Waals surface area contributed by atoms with Crippen LogP contribution in [0.2, 0.25) is 0 Å². The molecule has 0 saturated carbocycles. The number of sulfonamides is 1. The van der Waals surface area contributed by atoms with Crippen LogP contribution in [0.3, 0.4) is 0 Å². The quantitative estimate of drug-likeness (QED) is 0.771. The summed E-state index contributed by atoms with van der Waals surface area (Å²) in [6.07, 6.45) is 2.40. The van der Waals surface area contributed by atoms with Gasteiger partial charge in [0.05, 0.1) is 24.5 Å². The molecule has 1 aliphatic heterocycles. The highest BCUT2D eigenvalue weighted by molar-refractivity contribution is 7.89. The Kier molecular flexibility index (Phi) is 5.96. The Balaban J connectivity index is 1.78. The zero-order chi connectivity index (χ0) is 18.6. The van der Waals surface area contributed by atoms with Gasteiger partial charge in [-0.1, -0.05) is 30.3 Å². The Morgan fingerprint density at radius 3 is 2.19 bits per heavy atom. The largest absolute Gasteiger partial charge is 0.378 e. The van der Waals surface area contributed by atoms with Gasteiger partial charge in [-0.2, -0.15) is 0 Å². The molecular weight excluding hydrogens is 346 g/mol. The fourth-order valence-corrected chi connectivity index (χ4v) is 4.62. The molecule has 2 aromatic rings. The van der Waals surface area contributed by atoms with Gasteiger partial charge in [-0.15, -0.1) is 0 Å². The Hall–Kier alpha value is -1.89. The molecular formula is C20H28N3O2S+. The summed E-state index contributed by atoms with van der Waals surface area (Å²) in [4.78, 5) is 3.84. The van der Waals surface area contributed by atoms with Crippen LogP contribution in [0.4, 0.5) is 5.69 Å². The number of quaternary nitrogens is 1. The molecule has 140 valence electrons. The lowest BCUT2D eigenvalue weighted by atomic mass is 10.1. The minimum absolute atomic E-state index is 0.132. The summed E-state index contributed by atoms with van der Waals surface area (Å²) in [5, 5.41) is 0. The molecule has 0 radical (unpaired) electrons. The number of nitrogens with one attached hydrogen (secondary N) is 2. The van der Waals surface area contributed by atoms with Gasteiger partial charge in [-0.05, 0) is 24.3 Å². The number of likely N-dealkylation sites (tertiary alicyclic amines) is 1. The topological polar surface area (TPSA) is 53.9 Å². The number of hydrogen-bond donors (Lipinski definition) is 2. The lowest BCUT2D eigenvalue weighted by molar-refractivity contribution is -0.918. The van der Waals surface area contributed by atoms with Crippen molar-refractivity contribution < 1.29 is 13.3 Å². The maximum atomic E-state index is 12.6. The molecule has 2 N–H and O–H groups in total. The smallest absolute Gasteiger partial charge is 0.240 e. The third-order valence-corrected chi connectivity index (χ3v) is 6.52. The molecule has 0 spiro atoms. The van der Waals surface area contributed by atoms with E-state index in [0.717, 1.165) is 18.8 Å². The van der Waals surface area contributed by atoms with Gasteiger partial charge in [-0.3, -0.25) is 0 Å². The number of anilines is 1. The monoisotopic (exact) mass is 374 g/mol. The lowest BCUT2D eigenvalue weighted by Crippen LogP contribution is -3.11. The van der Waals surface area contributed by atoms with Crippen molar-refractivity contribution >= 4 is 15.7 Å². The highest BCUT2D eigenvalue weighted by Gasteiger charge is 2.29. The Labute approximate surface area is 156 Å². The second-order valence-corrected chi connectivity index (χ2v) is 8.84. The molecule has 0 bridgehead atoms. The number of rotatable bonds is 7. The SMILES string of the molecule is CN(C)c1ccc([C@H](CNS(=O)(=O)c2ccccc2)[NH+]2CCCC2)cc1. The highest BCUT2D eigenvalue weighted by atomic mass is 32.2. The number of hydrogen-bond acceptors (Lipinski definition) is 3. The molecule has 1 saturated heterocycles. The molecule has 2 aromatic carbocycles. The molecule has 26 heavy (non-hydrogen) atoms. The van der Waals surface area contributed by atoms with E-state index in [1.54, 1.807) is 24.3 Å². The van der Waals surface area contributed by atoms with Crippen LogP contribution in [0.15, 0.2) is 59.5 Å². The van der Waals surface area contributed by atoms with E-state index < -0.39 is 10.0 Å². The molecule has 0 aromatic heterocycles. The summed E-state index contributed by atoms with van der Waals surface area (Å²) < 4.78 is 28.0. The van der Waals surface area contributed by atoms with E-state index in [2.05, 4.69) is 33.9 Å². The van der Waals surface area contributed by atoms with E-state index in [4.69, 9.17) is 0 Å². The fourth-order valence-electron chi connectivity index (χ4n) is 3.56. The van der Waals surface area contributed by atoms with Gasteiger partial charge in [0, 0.05) is 38.2 Å². The summed E-state index contributed by atoms with van der Waals surface area (Å²) in [5.74, 6) is 0. The molecule has 1 aliphatic rings. The van der Waals surface area contributed by atoms with Crippen LogP contribution < -0.4 is 14.5 Å². The minimum Gasteiger partial charge on any atom is -0.378 e. The molecule has 1 fully saturated rings. The summed E-state index contributed by atoms with van der Waals surface area (Å²) in [7, 11) is 0.554. The first kappa shape index (κ1) is 18.9. The zero-order valence-electron chi connectivity index (χ0n) is 15.5. The average molecular weight is 375 g/mol. The molecule has 5 nitrogen and oxygen atoms in total. The predicted octanol–water partition coefficient (Wildman–Crippen LogP) is 1.45. The summed E-state index contributed by atoms with van der Waals surface area (Å²) in [5.41, 5.74) is 2.33. The van der Waals surface area contributed by atoms with Crippen molar-refractivity contribution in [1.82, 2.24) is 4.72 Å². The van der Waals surface area contributed by atoms with Crippen LogP contribution in [0.5, 0.6) is 0 Å². The molecule has 1 heterocycles. The number of nitrogens with zero attached hydrogens (tertiary/aromatic N) is 1. The molecule has 0 aliphatic carbocycles. The van der Waals surface area contributed by atoms with Crippen molar-refractivity contribution in [3.05, 3.63) is 60.2 Å². The first-order chi connectivity index (χ1) is 12.5. The van der Waals surface area contributed by atoms with Crippen molar-refractivity contribution in [1.29, 1.82) is 0 Å². The van der Waals surface area contributed by atoms with Crippen molar-refractivity contribution in [2.75, 3.05) is 38.6 Å². The second kappa shape index (κ2) is 8.20. The van der Waals surface area contributed by atoms with Gasteiger partial charge >= 0.3 is 0 Å². The number of benzene rings is 2. The van der Waals surface area contributed by atoms with Crippen molar-refractivity contribution in [3.63, 3.8) is 0 Å². The first-order valence-electron chi connectivity index (χ1n) is 9.14. The van der Waals surface area contributed by atoms with Gasteiger partial charge in [-0.25, -0.2) is 13.1 Å².